The molecule has 3 rings (SSSR count). The van der Waals surface area contributed by atoms with Gasteiger partial charge in [0.2, 0.25) is 5.76 Å². The van der Waals surface area contributed by atoms with Crippen molar-refractivity contribution in [2.45, 2.75) is 31.4 Å². The highest BCUT2D eigenvalue weighted by Gasteiger charge is 2.13. The molecule has 0 atom stereocenters. The van der Waals surface area contributed by atoms with Crippen molar-refractivity contribution in [3.05, 3.63) is 78.3 Å². The number of carboxylic acids is 1. The molecule has 0 radical (unpaired) electrons. The zero-order chi connectivity index (χ0) is 19.2. The lowest BCUT2D eigenvalue weighted by Crippen LogP contribution is -2.22. The van der Waals surface area contributed by atoms with Gasteiger partial charge in [-0.2, -0.15) is 0 Å². The molecule has 1 N–H and O–H groups in total. The SMILES string of the molecule is CC(C)N(Sc1ccccc1)c1ccc(OCc2ccc(C(=O)O)o2)cc1. The summed E-state index contributed by atoms with van der Waals surface area (Å²) < 4.78 is 13.1. The van der Waals surface area contributed by atoms with E-state index in [1.165, 1.54) is 11.0 Å². The Morgan fingerprint density at radius 1 is 1.07 bits per heavy atom. The lowest BCUT2D eigenvalue weighted by Gasteiger charge is -2.27. The molecule has 0 spiro atoms. The maximum Gasteiger partial charge on any atom is 0.371 e. The van der Waals surface area contributed by atoms with Crippen molar-refractivity contribution in [2.75, 3.05) is 4.31 Å². The average Bonchev–Trinajstić information content (AvgIpc) is 3.15. The van der Waals surface area contributed by atoms with Crippen LogP contribution in [0.4, 0.5) is 5.69 Å². The van der Waals surface area contributed by atoms with Gasteiger partial charge in [-0.1, -0.05) is 18.2 Å². The summed E-state index contributed by atoms with van der Waals surface area (Å²) in [7, 11) is 0. The summed E-state index contributed by atoms with van der Waals surface area (Å²) in [5.74, 6) is -0.00915. The number of hydrogen-bond acceptors (Lipinski definition) is 5. The minimum atomic E-state index is -1.09. The molecule has 0 bridgehead atoms. The maximum atomic E-state index is 10.8. The third-order valence-electron chi connectivity index (χ3n) is 3.76. The summed E-state index contributed by atoms with van der Waals surface area (Å²) in [6.07, 6.45) is 0. The van der Waals surface area contributed by atoms with E-state index < -0.39 is 5.97 Å². The number of ether oxygens (including phenoxy) is 1. The summed E-state index contributed by atoms with van der Waals surface area (Å²) >= 11 is 1.69. The van der Waals surface area contributed by atoms with Gasteiger partial charge in [-0.05, 0) is 74.3 Å². The number of carbonyl (C=O) groups is 1. The van der Waals surface area contributed by atoms with E-state index in [0.29, 0.717) is 17.6 Å². The minimum Gasteiger partial charge on any atom is -0.486 e. The van der Waals surface area contributed by atoms with Crippen LogP contribution in [0.5, 0.6) is 5.75 Å². The molecule has 0 amide bonds. The van der Waals surface area contributed by atoms with E-state index in [4.69, 9.17) is 14.3 Å². The molecule has 0 aliphatic carbocycles. The van der Waals surface area contributed by atoms with Crippen LogP contribution < -0.4 is 9.04 Å². The van der Waals surface area contributed by atoms with Gasteiger partial charge in [0.1, 0.15) is 18.1 Å². The molecular weight excluding hydrogens is 362 g/mol. The normalized spacial score (nSPS) is 10.8. The fourth-order valence-corrected chi connectivity index (χ4v) is 3.41. The Kier molecular flexibility index (Phi) is 6.08. The van der Waals surface area contributed by atoms with Crippen molar-refractivity contribution >= 4 is 23.6 Å². The van der Waals surface area contributed by atoms with Crippen LogP contribution in [0.25, 0.3) is 0 Å². The Morgan fingerprint density at radius 2 is 1.78 bits per heavy atom. The number of rotatable bonds is 8. The van der Waals surface area contributed by atoms with Crippen LogP contribution in [-0.2, 0) is 6.61 Å². The molecule has 0 fully saturated rings. The fraction of sp³-hybridized carbons (Fsp3) is 0.190. The molecule has 5 nitrogen and oxygen atoms in total. The monoisotopic (exact) mass is 383 g/mol. The van der Waals surface area contributed by atoms with E-state index in [2.05, 4.69) is 30.3 Å². The van der Waals surface area contributed by atoms with Gasteiger partial charge < -0.3 is 18.6 Å². The van der Waals surface area contributed by atoms with Gasteiger partial charge in [-0.15, -0.1) is 0 Å². The largest absolute Gasteiger partial charge is 0.486 e. The molecule has 0 aliphatic rings. The number of nitrogens with zero attached hydrogens (tertiary/aromatic N) is 1. The number of aromatic carboxylic acids is 1. The standard InChI is InChI=1S/C21H21NO4S/c1-15(2)22(27-19-6-4-3-5-7-19)16-8-10-17(11-9-16)25-14-18-12-13-20(26-18)21(23)24/h3-13,15H,14H2,1-2H3,(H,23,24). The van der Waals surface area contributed by atoms with E-state index in [0.717, 1.165) is 5.69 Å². The highest BCUT2D eigenvalue weighted by molar-refractivity contribution is 8.00. The van der Waals surface area contributed by atoms with E-state index >= 15 is 0 Å². The van der Waals surface area contributed by atoms with Crippen LogP contribution in [0, 0.1) is 0 Å². The van der Waals surface area contributed by atoms with E-state index in [1.54, 1.807) is 18.0 Å². The van der Waals surface area contributed by atoms with Gasteiger partial charge in [-0.3, -0.25) is 0 Å². The highest BCUT2D eigenvalue weighted by atomic mass is 32.2. The molecule has 27 heavy (non-hydrogen) atoms. The van der Waals surface area contributed by atoms with Gasteiger partial charge in [0.15, 0.2) is 0 Å². The van der Waals surface area contributed by atoms with Crippen LogP contribution in [-0.4, -0.2) is 17.1 Å². The number of hydrogen-bond donors (Lipinski definition) is 1. The molecule has 1 aromatic heterocycles. The summed E-state index contributed by atoms with van der Waals surface area (Å²) in [6.45, 7) is 4.48. The summed E-state index contributed by atoms with van der Waals surface area (Å²) in [4.78, 5) is 12.0. The molecule has 1 heterocycles. The molecular formula is C21H21NO4S. The minimum absolute atomic E-state index is 0.0885. The van der Waals surface area contributed by atoms with Gasteiger partial charge in [0.25, 0.3) is 0 Å². The number of carboxylic acid groups (broad SMARTS) is 1. The molecule has 2 aromatic carbocycles. The molecule has 0 saturated carbocycles. The van der Waals surface area contributed by atoms with Gasteiger partial charge in [-0.25, -0.2) is 4.79 Å². The van der Waals surface area contributed by atoms with Gasteiger partial charge in [0.05, 0.1) is 0 Å². The topological polar surface area (TPSA) is 62.9 Å². The Hall–Kier alpha value is -2.86. The predicted octanol–water partition coefficient (Wildman–Crippen LogP) is 5.48. The highest BCUT2D eigenvalue weighted by Crippen LogP contribution is 2.32. The second-order valence-electron chi connectivity index (χ2n) is 6.18. The van der Waals surface area contributed by atoms with Crippen LogP contribution in [0.15, 0.2) is 76.0 Å². The predicted molar refractivity (Wildman–Crippen MR) is 106 cm³/mol. The quantitative estimate of drug-likeness (QED) is 0.520. The van der Waals surface area contributed by atoms with E-state index in [-0.39, 0.29) is 12.4 Å². The fourth-order valence-electron chi connectivity index (χ4n) is 2.47. The van der Waals surface area contributed by atoms with Gasteiger partial charge >= 0.3 is 5.97 Å². The summed E-state index contributed by atoms with van der Waals surface area (Å²) in [6, 6.07) is 21.4. The Labute approximate surface area is 162 Å². The summed E-state index contributed by atoms with van der Waals surface area (Å²) in [5, 5.41) is 8.88. The Bertz CT molecular complexity index is 875. The van der Waals surface area contributed by atoms with Crippen molar-refractivity contribution in [3.8, 4) is 5.75 Å². The van der Waals surface area contributed by atoms with E-state index in [9.17, 15) is 4.79 Å². The Morgan fingerprint density at radius 3 is 2.37 bits per heavy atom. The first-order valence-electron chi connectivity index (χ1n) is 8.60. The second kappa shape index (κ2) is 8.68. The molecule has 140 valence electrons. The number of furan rings is 1. The van der Waals surface area contributed by atoms with Crippen molar-refractivity contribution in [3.63, 3.8) is 0 Å². The first-order valence-corrected chi connectivity index (χ1v) is 9.37. The average molecular weight is 383 g/mol. The molecule has 0 aliphatic heterocycles. The van der Waals surface area contributed by atoms with Crippen molar-refractivity contribution in [1.29, 1.82) is 0 Å². The first-order chi connectivity index (χ1) is 13.0. The van der Waals surface area contributed by atoms with Crippen molar-refractivity contribution in [2.24, 2.45) is 0 Å². The zero-order valence-electron chi connectivity index (χ0n) is 15.2. The smallest absolute Gasteiger partial charge is 0.371 e. The summed E-state index contributed by atoms with van der Waals surface area (Å²) in [5.41, 5.74) is 1.08. The lowest BCUT2D eigenvalue weighted by molar-refractivity contribution is 0.0658. The number of benzene rings is 2. The van der Waals surface area contributed by atoms with E-state index in [1.807, 2.05) is 42.5 Å². The zero-order valence-corrected chi connectivity index (χ0v) is 16.0. The molecule has 3 aromatic rings. The van der Waals surface area contributed by atoms with Crippen molar-refractivity contribution < 1.29 is 19.1 Å². The number of anilines is 1. The molecule has 0 unspecified atom stereocenters. The lowest BCUT2D eigenvalue weighted by atomic mass is 10.2. The Balaban J connectivity index is 1.64. The van der Waals surface area contributed by atoms with Gasteiger partial charge in [0, 0.05) is 16.6 Å². The van der Waals surface area contributed by atoms with Crippen LogP contribution in [0.1, 0.15) is 30.2 Å². The van der Waals surface area contributed by atoms with Crippen molar-refractivity contribution in [1.82, 2.24) is 0 Å². The van der Waals surface area contributed by atoms with Crippen LogP contribution in [0.2, 0.25) is 0 Å². The third kappa shape index (κ3) is 5.08. The van der Waals surface area contributed by atoms with Crippen LogP contribution in [0.3, 0.4) is 0 Å². The second-order valence-corrected chi connectivity index (χ2v) is 7.22. The van der Waals surface area contributed by atoms with Crippen LogP contribution >= 0.6 is 11.9 Å². The maximum absolute atomic E-state index is 10.8. The molecule has 0 saturated heterocycles. The molecule has 6 heteroatoms. The first kappa shape index (κ1) is 18.9. The third-order valence-corrected chi connectivity index (χ3v) is 5.07.